The average molecular weight is 251 g/mol. The molecule has 0 aliphatic heterocycles. The minimum Gasteiger partial charge on any atom is -0.392 e. The highest BCUT2D eigenvalue weighted by atomic mass is 32.2. The van der Waals surface area contributed by atoms with E-state index in [0.717, 1.165) is 6.42 Å². The molecule has 1 atom stereocenters. The Morgan fingerprint density at radius 3 is 2.38 bits per heavy atom. The second-order valence-corrected chi connectivity index (χ2v) is 6.94. The number of nitrogens with one attached hydrogen (secondary N) is 1. The average Bonchev–Trinajstić information content (AvgIpc) is 2.11. The largest absolute Gasteiger partial charge is 0.392 e. The van der Waals surface area contributed by atoms with E-state index < -0.39 is 9.84 Å². The summed E-state index contributed by atoms with van der Waals surface area (Å²) in [4.78, 5) is 0. The van der Waals surface area contributed by atoms with Gasteiger partial charge in [-0.15, -0.1) is 0 Å². The standard InChI is InChI=1S/C11H25NO3S/c1-4-6-16(14,15)7-5-12-9-11(13)8-10(2)3/h10-13H,4-9H2,1-3H3. The molecule has 0 radical (unpaired) electrons. The highest BCUT2D eigenvalue weighted by molar-refractivity contribution is 7.91. The van der Waals surface area contributed by atoms with Crippen molar-refractivity contribution in [3.63, 3.8) is 0 Å². The molecule has 5 heteroatoms. The lowest BCUT2D eigenvalue weighted by atomic mass is 10.1. The third kappa shape index (κ3) is 9.12. The van der Waals surface area contributed by atoms with Gasteiger partial charge in [0.1, 0.15) is 0 Å². The van der Waals surface area contributed by atoms with E-state index in [1.807, 2.05) is 6.92 Å². The lowest BCUT2D eigenvalue weighted by Gasteiger charge is -2.13. The molecule has 0 saturated heterocycles. The van der Waals surface area contributed by atoms with Crippen LogP contribution in [0.4, 0.5) is 0 Å². The molecule has 1 unspecified atom stereocenters. The molecule has 0 fully saturated rings. The van der Waals surface area contributed by atoms with E-state index >= 15 is 0 Å². The quantitative estimate of drug-likeness (QED) is 0.595. The number of hydrogen-bond donors (Lipinski definition) is 2. The van der Waals surface area contributed by atoms with Gasteiger partial charge in [0.05, 0.1) is 11.9 Å². The van der Waals surface area contributed by atoms with Crippen molar-refractivity contribution in [2.45, 2.75) is 39.7 Å². The van der Waals surface area contributed by atoms with Crippen LogP contribution in [0.25, 0.3) is 0 Å². The SMILES string of the molecule is CCCS(=O)(=O)CCNCC(O)CC(C)C. The Hall–Kier alpha value is -0.130. The van der Waals surface area contributed by atoms with Gasteiger partial charge in [-0.25, -0.2) is 8.42 Å². The van der Waals surface area contributed by atoms with E-state index in [1.54, 1.807) is 0 Å². The van der Waals surface area contributed by atoms with Gasteiger partial charge in [0, 0.05) is 18.8 Å². The van der Waals surface area contributed by atoms with Crippen LogP contribution in [0.5, 0.6) is 0 Å². The second kappa shape index (κ2) is 8.03. The molecule has 16 heavy (non-hydrogen) atoms. The minimum atomic E-state index is -2.90. The summed E-state index contributed by atoms with van der Waals surface area (Å²) in [6.45, 7) is 6.86. The van der Waals surface area contributed by atoms with E-state index in [-0.39, 0.29) is 17.6 Å². The van der Waals surface area contributed by atoms with Crippen LogP contribution in [0.1, 0.15) is 33.6 Å². The predicted octanol–water partition coefficient (Wildman–Crippen LogP) is 0.808. The van der Waals surface area contributed by atoms with Gasteiger partial charge in [-0.1, -0.05) is 20.8 Å². The molecule has 0 aliphatic carbocycles. The molecular formula is C11H25NO3S. The van der Waals surface area contributed by atoms with Crippen molar-refractivity contribution in [1.82, 2.24) is 5.32 Å². The molecule has 0 aromatic carbocycles. The highest BCUT2D eigenvalue weighted by Gasteiger charge is 2.10. The smallest absolute Gasteiger partial charge is 0.151 e. The molecule has 98 valence electrons. The van der Waals surface area contributed by atoms with Crippen molar-refractivity contribution in [2.75, 3.05) is 24.6 Å². The zero-order chi connectivity index (χ0) is 12.6. The fourth-order valence-electron chi connectivity index (χ4n) is 1.54. The Bertz CT molecular complexity index is 262. The molecule has 0 bridgehead atoms. The van der Waals surface area contributed by atoms with Crippen molar-refractivity contribution < 1.29 is 13.5 Å². The Morgan fingerprint density at radius 2 is 1.88 bits per heavy atom. The minimum absolute atomic E-state index is 0.162. The maximum Gasteiger partial charge on any atom is 0.151 e. The van der Waals surface area contributed by atoms with Crippen LogP contribution in [0.3, 0.4) is 0 Å². The fourth-order valence-corrected chi connectivity index (χ4v) is 2.82. The Labute approximate surface area is 99.4 Å². The van der Waals surface area contributed by atoms with Gasteiger partial charge < -0.3 is 10.4 Å². The van der Waals surface area contributed by atoms with Gasteiger partial charge in [-0.05, 0) is 18.8 Å². The third-order valence-electron chi connectivity index (χ3n) is 2.23. The predicted molar refractivity (Wildman–Crippen MR) is 67.3 cm³/mol. The molecule has 0 aliphatic rings. The number of hydrogen-bond acceptors (Lipinski definition) is 4. The third-order valence-corrected chi connectivity index (χ3v) is 4.08. The van der Waals surface area contributed by atoms with E-state index in [1.165, 1.54) is 0 Å². The molecule has 0 spiro atoms. The van der Waals surface area contributed by atoms with E-state index in [9.17, 15) is 13.5 Å². The van der Waals surface area contributed by atoms with E-state index in [0.29, 0.717) is 25.4 Å². The second-order valence-electron chi connectivity index (χ2n) is 4.64. The van der Waals surface area contributed by atoms with Gasteiger partial charge in [-0.2, -0.15) is 0 Å². The van der Waals surface area contributed by atoms with Crippen molar-refractivity contribution in [3.8, 4) is 0 Å². The van der Waals surface area contributed by atoms with Crippen LogP contribution in [-0.4, -0.2) is 44.2 Å². The molecule has 0 heterocycles. The van der Waals surface area contributed by atoms with Crippen molar-refractivity contribution in [3.05, 3.63) is 0 Å². The monoisotopic (exact) mass is 251 g/mol. The lowest BCUT2D eigenvalue weighted by molar-refractivity contribution is 0.147. The van der Waals surface area contributed by atoms with Crippen LogP contribution in [0.15, 0.2) is 0 Å². The van der Waals surface area contributed by atoms with Crippen LogP contribution < -0.4 is 5.32 Å². The number of sulfone groups is 1. The lowest BCUT2D eigenvalue weighted by Crippen LogP contribution is -2.32. The zero-order valence-corrected chi connectivity index (χ0v) is 11.4. The normalized spacial score (nSPS) is 14.3. The number of aliphatic hydroxyl groups is 1. The van der Waals surface area contributed by atoms with Crippen molar-refractivity contribution in [1.29, 1.82) is 0 Å². The molecule has 4 nitrogen and oxygen atoms in total. The molecule has 0 aromatic rings. The summed E-state index contributed by atoms with van der Waals surface area (Å²) in [7, 11) is -2.90. The maximum atomic E-state index is 11.4. The topological polar surface area (TPSA) is 66.4 Å². The summed E-state index contributed by atoms with van der Waals surface area (Å²) in [6, 6.07) is 0. The molecule has 0 saturated carbocycles. The van der Waals surface area contributed by atoms with Gasteiger partial charge >= 0.3 is 0 Å². The van der Waals surface area contributed by atoms with E-state index in [2.05, 4.69) is 19.2 Å². The van der Waals surface area contributed by atoms with Crippen LogP contribution >= 0.6 is 0 Å². The first kappa shape index (κ1) is 15.9. The summed E-state index contributed by atoms with van der Waals surface area (Å²) in [5, 5.41) is 12.5. The van der Waals surface area contributed by atoms with Gasteiger partial charge in [0.2, 0.25) is 0 Å². The van der Waals surface area contributed by atoms with Crippen LogP contribution in [0, 0.1) is 5.92 Å². The zero-order valence-electron chi connectivity index (χ0n) is 10.6. The van der Waals surface area contributed by atoms with Crippen molar-refractivity contribution >= 4 is 9.84 Å². The summed E-state index contributed by atoms with van der Waals surface area (Å²) >= 11 is 0. The first-order chi connectivity index (χ1) is 7.37. The summed E-state index contributed by atoms with van der Waals surface area (Å²) in [5.74, 6) is 0.874. The van der Waals surface area contributed by atoms with Crippen LogP contribution in [-0.2, 0) is 9.84 Å². The molecule has 0 amide bonds. The highest BCUT2D eigenvalue weighted by Crippen LogP contribution is 2.03. The van der Waals surface area contributed by atoms with Crippen molar-refractivity contribution in [2.24, 2.45) is 5.92 Å². The fraction of sp³-hybridized carbons (Fsp3) is 1.00. The Balaban J connectivity index is 3.60. The van der Waals surface area contributed by atoms with E-state index in [4.69, 9.17) is 0 Å². The Kier molecular flexibility index (Phi) is 7.97. The summed E-state index contributed by atoms with van der Waals surface area (Å²) in [6.07, 6.45) is 1.03. The first-order valence-corrected chi connectivity index (χ1v) is 7.78. The summed E-state index contributed by atoms with van der Waals surface area (Å²) in [5.41, 5.74) is 0. The Morgan fingerprint density at radius 1 is 1.25 bits per heavy atom. The van der Waals surface area contributed by atoms with Gasteiger partial charge in [0.15, 0.2) is 9.84 Å². The number of aliphatic hydroxyl groups excluding tert-OH is 1. The van der Waals surface area contributed by atoms with Crippen LogP contribution in [0.2, 0.25) is 0 Å². The maximum absolute atomic E-state index is 11.4. The molecular weight excluding hydrogens is 226 g/mol. The molecule has 2 N–H and O–H groups in total. The number of rotatable bonds is 9. The van der Waals surface area contributed by atoms with Gasteiger partial charge in [-0.3, -0.25) is 0 Å². The van der Waals surface area contributed by atoms with Gasteiger partial charge in [0.25, 0.3) is 0 Å². The summed E-state index contributed by atoms with van der Waals surface area (Å²) < 4.78 is 22.7. The molecule has 0 rings (SSSR count). The first-order valence-electron chi connectivity index (χ1n) is 5.96. The molecule has 0 aromatic heterocycles.